The summed E-state index contributed by atoms with van der Waals surface area (Å²) in [6.07, 6.45) is 0.800. The molecule has 0 aliphatic heterocycles. The van der Waals surface area contributed by atoms with E-state index < -0.39 is 17.7 Å². The predicted octanol–water partition coefficient (Wildman–Crippen LogP) is 3.83. The van der Waals surface area contributed by atoms with Crippen LogP contribution in [0.15, 0.2) is 54.0 Å². The zero-order chi connectivity index (χ0) is 27.0. The molecule has 2 aromatic rings. The lowest BCUT2D eigenvalue weighted by atomic mass is 10.0. The zero-order valence-corrected chi connectivity index (χ0v) is 21.1. The summed E-state index contributed by atoms with van der Waals surface area (Å²) in [6, 6.07) is 4.98. The Morgan fingerprint density at radius 3 is 2.56 bits per heavy atom. The second-order valence-corrected chi connectivity index (χ2v) is 8.29. The van der Waals surface area contributed by atoms with Crippen LogP contribution in [-0.2, 0) is 18.3 Å². The van der Waals surface area contributed by atoms with Gasteiger partial charge >= 0.3 is 6.18 Å². The standard InChI is InChI=1S/C25H33F3N6O2/c1-6-7-20(25(26,27)28)11-21(15-36-5)32-24(35)18-9-8-16(2)19(10-18)13-34(30)14-23(29)22-12-31-33(4)17(22)3/h7-12,14H,6,13,15,29-30H2,1-5H3,(H,32,35)/b20-7+,21-11+,23-14-. The fraction of sp³-hybridized carbons (Fsp3) is 0.360. The molecule has 8 nitrogen and oxygen atoms in total. The molecule has 36 heavy (non-hydrogen) atoms. The molecule has 5 N–H and O–H groups in total. The second kappa shape index (κ2) is 12.4. The quantitative estimate of drug-likeness (QED) is 0.257. The molecule has 0 spiro atoms. The van der Waals surface area contributed by atoms with Gasteiger partial charge in [0.25, 0.3) is 5.91 Å². The van der Waals surface area contributed by atoms with E-state index in [2.05, 4.69) is 10.4 Å². The number of carbonyl (C=O) groups is 1. The van der Waals surface area contributed by atoms with Gasteiger partial charge in [0.15, 0.2) is 0 Å². The van der Waals surface area contributed by atoms with Crippen molar-refractivity contribution in [3.05, 3.63) is 82.0 Å². The molecule has 0 saturated carbocycles. The summed E-state index contributed by atoms with van der Waals surface area (Å²) < 4.78 is 46.6. The Hall–Kier alpha value is -3.57. The van der Waals surface area contributed by atoms with E-state index >= 15 is 0 Å². The van der Waals surface area contributed by atoms with Gasteiger partial charge < -0.3 is 20.8 Å². The van der Waals surface area contributed by atoms with E-state index in [0.29, 0.717) is 5.70 Å². The molecule has 1 aromatic heterocycles. The van der Waals surface area contributed by atoms with Crippen LogP contribution in [0.5, 0.6) is 0 Å². The number of ether oxygens (including phenoxy) is 1. The van der Waals surface area contributed by atoms with Gasteiger partial charge in [-0.2, -0.15) is 18.3 Å². The van der Waals surface area contributed by atoms with Crippen molar-refractivity contribution >= 4 is 11.6 Å². The Morgan fingerprint density at radius 1 is 1.31 bits per heavy atom. The van der Waals surface area contributed by atoms with Crippen molar-refractivity contribution in [1.82, 2.24) is 20.1 Å². The number of rotatable bonds is 10. The number of aromatic nitrogens is 2. The minimum atomic E-state index is -4.55. The van der Waals surface area contributed by atoms with E-state index in [1.165, 1.54) is 12.1 Å². The molecule has 0 unspecified atom stereocenters. The van der Waals surface area contributed by atoms with Gasteiger partial charge in [0.05, 0.1) is 30.6 Å². The van der Waals surface area contributed by atoms with Crippen molar-refractivity contribution in [2.24, 2.45) is 18.6 Å². The molecule has 11 heteroatoms. The summed E-state index contributed by atoms with van der Waals surface area (Å²) in [5.74, 6) is 5.58. The number of allylic oxidation sites excluding steroid dienone is 3. The minimum absolute atomic E-state index is 0.00958. The number of benzene rings is 1. The molecule has 0 saturated heterocycles. The number of amides is 1. The maximum atomic E-state index is 13.3. The topological polar surface area (TPSA) is 111 Å². The van der Waals surface area contributed by atoms with Crippen LogP contribution in [0.3, 0.4) is 0 Å². The van der Waals surface area contributed by atoms with Crippen molar-refractivity contribution in [2.75, 3.05) is 13.7 Å². The zero-order valence-electron chi connectivity index (χ0n) is 21.1. The SMILES string of the molecule is CC/C=C(\C=C(/COC)NC(=O)c1ccc(C)c(CN(N)/C=C(\N)c2cnn(C)c2C)c1)C(F)(F)F. The second-order valence-electron chi connectivity index (χ2n) is 8.29. The fourth-order valence-electron chi connectivity index (χ4n) is 3.41. The van der Waals surface area contributed by atoms with E-state index in [1.807, 2.05) is 20.9 Å². The third kappa shape index (κ3) is 7.72. The van der Waals surface area contributed by atoms with Crippen molar-refractivity contribution in [3.63, 3.8) is 0 Å². The molecule has 0 aliphatic rings. The van der Waals surface area contributed by atoms with Crippen LogP contribution >= 0.6 is 0 Å². The van der Waals surface area contributed by atoms with Gasteiger partial charge in [0.2, 0.25) is 0 Å². The first-order chi connectivity index (χ1) is 16.9. The summed E-state index contributed by atoms with van der Waals surface area (Å²) in [5, 5.41) is 8.09. The highest BCUT2D eigenvalue weighted by atomic mass is 19.4. The molecular weight excluding hydrogens is 473 g/mol. The number of nitrogens with zero attached hydrogens (tertiary/aromatic N) is 3. The molecule has 1 amide bonds. The van der Waals surface area contributed by atoms with Gasteiger partial charge in [-0.15, -0.1) is 0 Å². The van der Waals surface area contributed by atoms with Crippen LogP contribution in [0.1, 0.15) is 46.1 Å². The van der Waals surface area contributed by atoms with Crippen LogP contribution in [0.25, 0.3) is 5.70 Å². The van der Waals surface area contributed by atoms with Gasteiger partial charge in [0, 0.05) is 42.9 Å². The molecule has 2 rings (SSSR count). The van der Waals surface area contributed by atoms with E-state index in [4.69, 9.17) is 16.3 Å². The molecule has 1 heterocycles. The Kier molecular flexibility index (Phi) is 9.88. The summed E-state index contributed by atoms with van der Waals surface area (Å²) >= 11 is 0. The first-order valence-electron chi connectivity index (χ1n) is 11.2. The third-order valence-corrected chi connectivity index (χ3v) is 5.47. The fourth-order valence-corrected chi connectivity index (χ4v) is 3.41. The molecule has 0 fully saturated rings. The highest BCUT2D eigenvalue weighted by Gasteiger charge is 2.32. The first-order valence-corrected chi connectivity index (χ1v) is 11.2. The molecule has 196 valence electrons. The molecular formula is C25H33F3N6O2. The number of carbonyl (C=O) groups excluding carboxylic acids is 1. The average molecular weight is 507 g/mol. The van der Waals surface area contributed by atoms with Gasteiger partial charge in [-0.1, -0.05) is 19.1 Å². The maximum Gasteiger partial charge on any atom is 0.416 e. The number of nitrogens with one attached hydrogen (secondary N) is 1. The van der Waals surface area contributed by atoms with E-state index in [9.17, 15) is 18.0 Å². The van der Waals surface area contributed by atoms with Gasteiger partial charge in [-0.3, -0.25) is 9.48 Å². The Bertz CT molecular complexity index is 1170. The van der Waals surface area contributed by atoms with Gasteiger partial charge in [-0.25, -0.2) is 5.84 Å². The lowest BCUT2D eigenvalue weighted by molar-refractivity contribution is -0.0885. The molecule has 0 bridgehead atoms. The monoisotopic (exact) mass is 506 g/mol. The predicted molar refractivity (Wildman–Crippen MR) is 133 cm³/mol. The van der Waals surface area contributed by atoms with Crippen molar-refractivity contribution in [2.45, 2.75) is 39.9 Å². The number of methoxy groups -OCH3 is 1. The first kappa shape index (κ1) is 28.7. The van der Waals surface area contributed by atoms with Crippen molar-refractivity contribution in [3.8, 4) is 0 Å². The number of nitrogens with two attached hydrogens (primary N) is 2. The lowest BCUT2D eigenvalue weighted by Crippen LogP contribution is -2.28. The number of halogens is 3. The summed E-state index contributed by atoms with van der Waals surface area (Å²) in [5.41, 5.74) is 9.27. The highest BCUT2D eigenvalue weighted by molar-refractivity contribution is 5.95. The number of aryl methyl sites for hydroxylation is 2. The average Bonchev–Trinajstić information content (AvgIpc) is 3.12. The summed E-state index contributed by atoms with van der Waals surface area (Å²) in [7, 11) is 3.15. The van der Waals surface area contributed by atoms with Crippen molar-refractivity contribution < 1.29 is 22.7 Å². The lowest BCUT2D eigenvalue weighted by Gasteiger charge is -2.18. The number of hydrogen-bond acceptors (Lipinski definition) is 6. The van der Waals surface area contributed by atoms with Gasteiger partial charge in [-0.05, 0) is 49.6 Å². The smallest absolute Gasteiger partial charge is 0.397 e. The van der Waals surface area contributed by atoms with Crippen LogP contribution in [-0.4, -0.2) is 40.6 Å². The Morgan fingerprint density at radius 2 is 2.00 bits per heavy atom. The summed E-state index contributed by atoms with van der Waals surface area (Å²) in [6.45, 7) is 5.40. The normalized spacial score (nSPS) is 13.2. The molecule has 1 aromatic carbocycles. The molecule has 0 atom stereocenters. The maximum absolute atomic E-state index is 13.3. The minimum Gasteiger partial charge on any atom is -0.397 e. The number of hydrazine groups is 1. The number of hydrogen-bond donors (Lipinski definition) is 3. The van der Waals surface area contributed by atoms with Crippen LogP contribution in [0.4, 0.5) is 13.2 Å². The Labute approximate surface area is 209 Å². The largest absolute Gasteiger partial charge is 0.416 e. The van der Waals surface area contributed by atoms with Crippen LogP contribution < -0.4 is 16.9 Å². The van der Waals surface area contributed by atoms with E-state index in [1.54, 1.807) is 42.2 Å². The van der Waals surface area contributed by atoms with Gasteiger partial charge in [0.1, 0.15) is 0 Å². The number of alkyl halides is 3. The van der Waals surface area contributed by atoms with Crippen LogP contribution in [0, 0.1) is 13.8 Å². The van der Waals surface area contributed by atoms with Crippen molar-refractivity contribution in [1.29, 1.82) is 0 Å². The Balaban J connectivity index is 2.24. The van der Waals surface area contributed by atoms with E-state index in [0.717, 1.165) is 34.5 Å². The molecule has 0 radical (unpaired) electrons. The molecule has 0 aliphatic carbocycles. The van der Waals surface area contributed by atoms with Crippen LogP contribution in [0.2, 0.25) is 0 Å². The van der Waals surface area contributed by atoms with E-state index in [-0.39, 0.29) is 30.8 Å². The third-order valence-electron chi connectivity index (χ3n) is 5.47. The summed E-state index contributed by atoms with van der Waals surface area (Å²) in [4.78, 5) is 12.9. The highest BCUT2D eigenvalue weighted by Crippen LogP contribution is 2.28.